The van der Waals surface area contributed by atoms with Crippen molar-refractivity contribution in [2.24, 2.45) is 5.92 Å². The van der Waals surface area contributed by atoms with E-state index in [-0.39, 0.29) is 18.1 Å². The molecule has 0 amide bonds. The summed E-state index contributed by atoms with van der Waals surface area (Å²) in [4.78, 5) is 26.9. The van der Waals surface area contributed by atoms with Crippen LogP contribution in [0, 0.1) is 5.92 Å². The molecule has 0 aromatic heterocycles. The fourth-order valence-corrected chi connectivity index (χ4v) is 5.16. The minimum Gasteiger partial charge on any atom is -0.493 e. The normalized spacial score (nSPS) is 19.7. The molecule has 0 radical (unpaired) electrons. The molecule has 0 fully saturated rings. The monoisotopic (exact) mass is 493 g/mol. The molecule has 0 saturated carbocycles. The molecule has 8 heteroatoms. The van der Waals surface area contributed by atoms with Gasteiger partial charge in [-0.15, -0.1) is 0 Å². The minimum absolute atomic E-state index is 0.184. The van der Waals surface area contributed by atoms with Gasteiger partial charge in [0.05, 0.1) is 44.8 Å². The Kier molecular flexibility index (Phi) is 6.03. The van der Waals surface area contributed by atoms with Crippen LogP contribution in [-0.4, -0.2) is 33.1 Å². The second-order valence-electron chi connectivity index (χ2n) is 8.42. The third kappa shape index (κ3) is 3.76. The number of nitrogens with one attached hydrogen (secondary N) is 1. The molecule has 1 N–H and O–H groups in total. The number of esters is 1. The fraction of sp³-hybridized carbons (Fsp3) is 0.259. The number of fused-ring (bicyclic) bond motifs is 4. The van der Waals surface area contributed by atoms with Gasteiger partial charge in [-0.2, -0.15) is 0 Å². The van der Waals surface area contributed by atoms with E-state index in [1.165, 1.54) is 21.3 Å². The number of hydrogen-bond donors (Lipinski definition) is 1. The van der Waals surface area contributed by atoms with Crippen LogP contribution in [0.15, 0.2) is 54.6 Å². The average Bonchev–Trinajstić information content (AvgIpc) is 3.16. The number of anilines is 1. The molecule has 180 valence electrons. The highest BCUT2D eigenvalue weighted by atomic mass is 35.5. The predicted octanol–water partition coefficient (Wildman–Crippen LogP) is 5.17. The van der Waals surface area contributed by atoms with E-state index in [0.29, 0.717) is 27.6 Å². The van der Waals surface area contributed by atoms with Crippen molar-refractivity contribution in [1.29, 1.82) is 0 Å². The molecule has 1 aliphatic carbocycles. The summed E-state index contributed by atoms with van der Waals surface area (Å²) >= 11 is 6.00. The van der Waals surface area contributed by atoms with E-state index in [9.17, 15) is 9.59 Å². The lowest BCUT2D eigenvalue weighted by Gasteiger charge is -2.34. The van der Waals surface area contributed by atoms with E-state index in [0.717, 1.165) is 16.8 Å². The van der Waals surface area contributed by atoms with Crippen molar-refractivity contribution in [2.45, 2.75) is 18.6 Å². The summed E-state index contributed by atoms with van der Waals surface area (Å²) in [6.07, 6.45) is 0. The first-order valence-electron chi connectivity index (χ1n) is 11.1. The third-order valence-corrected chi connectivity index (χ3v) is 6.87. The molecular formula is C27H24ClNO6. The maximum Gasteiger partial charge on any atom is 0.314 e. The number of carbonyl (C=O) groups is 2. The largest absolute Gasteiger partial charge is 0.493 e. The van der Waals surface area contributed by atoms with Gasteiger partial charge in [-0.25, -0.2) is 0 Å². The number of halogens is 1. The zero-order valence-electron chi connectivity index (χ0n) is 19.5. The minimum atomic E-state index is -0.761. The summed E-state index contributed by atoms with van der Waals surface area (Å²) in [5, 5.41) is 4.07. The van der Waals surface area contributed by atoms with Gasteiger partial charge in [0.15, 0.2) is 17.3 Å². The Morgan fingerprint density at radius 3 is 2.40 bits per heavy atom. The van der Waals surface area contributed by atoms with E-state index in [4.69, 9.17) is 30.5 Å². The van der Waals surface area contributed by atoms with Crippen molar-refractivity contribution in [1.82, 2.24) is 0 Å². The number of hydrogen-bond acceptors (Lipinski definition) is 7. The zero-order valence-corrected chi connectivity index (χ0v) is 20.2. The molecule has 0 bridgehead atoms. The Balaban J connectivity index is 1.64. The lowest BCUT2D eigenvalue weighted by Crippen LogP contribution is -2.36. The first-order valence-corrected chi connectivity index (χ1v) is 11.5. The highest BCUT2D eigenvalue weighted by Crippen LogP contribution is 2.56. The van der Waals surface area contributed by atoms with E-state index >= 15 is 0 Å². The third-order valence-electron chi connectivity index (χ3n) is 6.62. The Morgan fingerprint density at radius 2 is 1.71 bits per heavy atom. The molecule has 35 heavy (non-hydrogen) atoms. The first-order chi connectivity index (χ1) is 17.0. The van der Waals surface area contributed by atoms with Crippen LogP contribution < -0.4 is 19.5 Å². The lowest BCUT2D eigenvalue weighted by molar-refractivity contribution is -0.143. The van der Waals surface area contributed by atoms with Gasteiger partial charge in [-0.3, -0.25) is 9.59 Å². The van der Waals surface area contributed by atoms with Crippen LogP contribution in [-0.2, 0) is 16.1 Å². The van der Waals surface area contributed by atoms with Gasteiger partial charge in [0, 0.05) is 10.7 Å². The number of ketones is 1. The smallest absolute Gasteiger partial charge is 0.314 e. The number of benzene rings is 3. The molecule has 0 spiro atoms. The van der Waals surface area contributed by atoms with E-state index in [1.807, 2.05) is 36.4 Å². The van der Waals surface area contributed by atoms with Gasteiger partial charge in [-0.05, 0) is 41.0 Å². The van der Waals surface area contributed by atoms with Crippen molar-refractivity contribution in [3.05, 3.63) is 81.9 Å². The second kappa shape index (κ2) is 9.15. The van der Waals surface area contributed by atoms with Crippen molar-refractivity contribution in [3.63, 3.8) is 0 Å². The number of para-hydroxylation sites is 1. The summed E-state index contributed by atoms with van der Waals surface area (Å²) in [6, 6.07) is 16.0. The zero-order chi connectivity index (χ0) is 24.7. The summed E-state index contributed by atoms with van der Waals surface area (Å²) in [6.45, 7) is 0.184. The van der Waals surface area contributed by atoms with Crippen LogP contribution in [0.4, 0.5) is 5.69 Å². The summed E-state index contributed by atoms with van der Waals surface area (Å²) in [5.41, 5.74) is 3.44. The van der Waals surface area contributed by atoms with Crippen molar-refractivity contribution >= 4 is 29.0 Å². The van der Waals surface area contributed by atoms with Crippen LogP contribution in [0.3, 0.4) is 0 Å². The van der Waals surface area contributed by atoms with Crippen LogP contribution in [0.1, 0.15) is 39.0 Å². The van der Waals surface area contributed by atoms with Gasteiger partial charge in [-0.1, -0.05) is 41.9 Å². The SMILES string of the molecule is COC(=O)[C@H]1c2ccccc2N[C@H]2c3cc(OC)c(OC)c(OCc4ccc(Cl)cc4)c3C(=O)[C@H]21. The molecule has 3 aromatic carbocycles. The van der Waals surface area contributed by atoms with Crippen molar-refractivity contribution in [3.8, 4) is 17.2 Å². The van der Waals surface area contributed by atoms with E-state index in [2.05, 4.69) is 5.32 Å². The second-order valence-corrected chi connectivity index (χ2v) is 8.86. The fourth-order valence-electron chi connectivity index (χ4n) is 5.04. The number of methoxy groups -OCH3 is 3. The quantitative estimate of drug-likeness (QED) is 0.474. The summed E-state index contributed by atoms with van der Waals surface area (Å²) in [7, 11) is 4.36. The Hall–Kier alpha value is -3.71. The van der Waals surface area contributed by atoms with Crippen LogP contribution in [0.2, 0.25) is 5.02 Å². The summed E-state index contributed by atoms with van der Waals surface area (Å²) in [5.74, 6) is -1.11. The first kappa shape index (κ1) is 23.1. The molecule has 0 saturated heterocycles. The molecule has 5 rings (SSSR count). The summed E-state index contributed by atoms with van der Waals surface area (Å²) < 4.78 is 22.5. The van der Waals surface area contributed by atoms with Crippen LogP contribution >= 0.6 is 11.6 Å². The van der Waals surface area contributed by atoms with E-state index < -0.39 is 23.8 Å². The highest BCUT2D eigenvalue weighted by molar-refractivity contribution is 6.30. The molecule has 3 atom stereocenters. The standard InChI is InChI=1S/C27H24ClNO6/c1-32-19-12-17-21(26(25(19)33-2)35-13-14-8-10-15(28)11-9-14)24(30)22-20(27(31)34-3)16-6-4-5-7-18(16)29-23(17)22/h4-12,20,22-23,29H,13H2,1-3H3/t20-,22-,23-/m0/s1. The molecule has 7 nitrogen and oxygen atoms in total. The molecule has 3 aromatic rings. The lowest BCUT2D eigenvalue weighted by atomic mass is 9.77. The maximum atomic E-state index is 14.0. The number of ether oxygens (including phenoxy) is 4. The Bertz CT molecular complexity index is 1310. The topological polar surface area (TPSA) is 83.1 Å². The van der Waals surface area contributed by atoms with Crippen molar-refractivity contribution < 1.29 is 28.5 Å². The molecular weight excluding hydrogens is 470 g/mol. The number of Topliss-reactive ketones (excluding diaryl/α,β-unsaturated/α-hetero) is 1. The van der Waals surface area contributed by atoms with Gasteiger partial charge in [0.2, 0.25) is 5.75 Å². The molecule has 1 aliphatic heterocycles. The highest BCUT2D eigenvalue weighted by Gasteiger charge is 2.53. The van der Waals surface area contributed by atoms with Crippen LogP contribution in [0.5, 0.6) is 17.2 Å². The molecule has 1 heterocycles. The predicted molar refractivity (Wildman–Crippen MR) is 131 cm³/mol. The van der Waals surface area contributed by atoms with Crippen molar-refractivity contribution in [2.75, 3.05) is 26.6 Å². The maximum absolute atomic E-state index is 14.0. The van der Waals surface area contributed by atoms with Gasteiger partial charge in [0.1, 0.15) is 6.61 Å². The van der Waals surface area contributed by atoms with E-state index in [1.54, 1.807) is 18.2 Å². The number of carbonyl (C=O) groups excluding carboxylic acids is 2. The Morgan fingerprint density at radius 1 is 0.971 bits per heavy atom. The average molecular weight is 494 g/mol. The van der Waals surface area contributed by atoms with Gasteiger partial charge in [0.25, 0.3) is 0 Å². The number of rotatable bonds is 6. The van der Waals surface area contributed by atoms with Gasteiger partial charge < -0.3 is 24.3 Å². The molecule has 2 aliphatic rings. The molecule has 0 unspecified atom stereocenters. The Labute approximate surface area is 207 Å². The van der Waals surface area contributed by atoms with Crippen LogP contribution in [0.25, 0.3) is 0 Å². The van der Waals surface area contributed by atoms with Gasteiger partial charge >= 0.3 is 5.97 Å².